The second kappa shape index (κ2) is 8.30. The molecular formula is C15H20Cl2N2O. The highest BCUT2D eigenvalue weighted by atomic mass is 35.5. The molecule has 0 saturated carbocycles. The molecular weight excluding hydrogens is 295 g/mol. The molecule has 1 atom stereocenters. The Bertz CT molecular complexity index is 489. The van der Waals surface area contributed by atoms with Gasteiger partial charge in [0.2, 0.25) is 5.91 Å². The molecule has 0 aromatic heterocycles. The lowest BCUT2D eigenvalue weighted by Gasteiger charge is -2.17. The van der Waals surface area contributed by atoms with Gasteiger partial charge < -0.3 is 10.6 Å². The standard InChI is InChI=1S/C15H19ClN2O.ClH/c1-11(13-3-2-4-14(16)9-13)15(19)18-10-12-5-7-17-8-6-12;/h2-5,9,11,17H,6-8,10H2,1H3,(H,18,19);1H. The Kier molecular flexibility index (Phi) is 7.06. The highest BCUT2D eigenvalue weighted by Crippen LogP contribution is 2.19. The van der Waals surface area contributed by atoms with Crippen LogP contribution in [0.1, 0.15) is 24.8 Å². The van der Waals surface area contributed by atoms with Gasteiger partial charge in [0.15, 0.2) is 0 Å². The third kappa shape index (κ3) is 4.82. The van der Waals surface area contributed by atoms with Gasteiger partial charge in [0.25, 0.3) is 0 Å². The van der Waals surface area contributed by atoms with Crippen molar-refractivity contribution in [2.24, 2.45) is 0 Å². The normalized spacial score (nSPS) is 15.8. The van der Waals surface area contributed by atoms with Crippen LogP contribution in [0.2, 0.25) is 5.02 Å². The Morgan fingerprint density at radius 1 is 1.50 bits per heavy atom. The van der Waals surface area contributed by atoms with Gasteiger partial charge in [-0.2, -0.15) is 0 Å². The van der Waals surface area contributed by atoms with Crippen LogP contribution in [-0.2, 0) is 4.79 Å². The van der Waals surface area contributed by atoms with Gasteiger partial charge in [-0.05, 0) is 37.6 Å². The molecule has 5 heteroatoms. The number of nitrogens with one attached hydrogen (secondary N) is 2. The first-order valence-corrected chi connectivity index (χ1v) is 6.96. The summed E-state index contributed by atoms with van der Waals surface area (Å²) in [7, 11) is 0. The van der Waals surface area contributed by atoms with Gasteiger partial charge >= 0.3 is 0 Å². The fraction of sp³-hybridized carbons (Fsp3) is 0.400. The maximum atomic E-state index is 12.1. The Morgan fingerprint density at radius 2 is 2.30 bits per heavy atom. The van der Waals surface area contributed by atoms with Crippen LogP contribution in [0, 0.1) is 0 Å². The van der Waals surface area contributed by atoms with Crippen molar-refractivity contribution >= 4 is 29.9 Å². The summed E-state index contributed by atoms with van der Waals surface area (Å²) in [5.41, 5.74) is 2.25. The zero-order chi connectivity index (χ0) is 13.7. The second-order valence-electron chi connectivity index (χ2n) is 4.81. The molecule has 2 N–H and O–H groups in total. The molecule has 1 aliphatic heterocycles. The van der Waals surface area contributed by atoms with Crippen molar-refractivity contribution in [1.29, 1.82) is 0 Å². The van der Waals surface area contributed by atoms with Gasteiger partial charge in [-0.1, -0.05) is 35.4 Å². The summed E-state index contributed by atoms with van der Waals surface area (Å²) in [6.07, 6.45) is 3.15. The van der Waals surface area contributed by atoms with Gasteiger partial charge in [0.05, 0.1) is 5.92 Å². The fourth-order valence-corrected chi connectivity index (χ4v) is 2.31. The summed E-state index contributed by atoms with van der Waals surface area (Å²) in [6.45, 7) is 4.43. The lowest BCUT2D eigenvalue weighted by atomic mass is 10.00. The Morgan fingerprint density at radius 3 is 2.95 bits per heavy atom. The van der Waals surface area contributed by atoms with Gasteiger partial charge in [-0.3, -0.25) is 4.79 Å². The van der Waals surface area contributed by atoms with Crippen LogP contribution in [0.15, 0.2) is 35.9 Å². The number of carbonyl (C=O) groups is 1. The molecule has 1 amide bonds. The largest absolute Gasteiger partial charge is 0.352 e. The zero-order valence-electron chi connectivity index (χ0n) is 11.5. The van der Waals surface area contributed by atoms with Crippen molar-refractivity contribution in [1.82, 2.24) is 10.6 Å². The summed E-state index contributed by atoms with van der Waals surface area (Å²) in [6, 6.07) is 7.46. The van der Waals surface area contributed by atoms with E-state index >= 15 is 0 Å². The van der Waals surface area contributed by atoms with E-state index in [9.17, 15) is 4.79 Å². The SMILES string of the molecule is CC(C(=O)NCC1=CCNCC1)c1cccc(Cl)c1.Cl. The zero-order valence-corrected chi connectivity index (χ0v) is 13.1. The average Bonchev–Trinajstić information content (AvgIpc) is 2.45. The van der Waals surface area contributed by atoms with E-state index < -0.39 is 0 Å². The lowest BCUT2D eigenvalue weighted by Crippen LogP contribution is -2.32. The minimum Gasteiger partial charge on any atom is -0.352 e. The van der Waals surface area contributed by atoms with Gasteiger partial charge in [-0.25, -0.2) is 0 Å². The summed E-state index contributed by atoms with van der Waals surface area (Å²) in [5, 5.41) is 6.91. The minimum atomic E-state index is -0.180. The highest BCUT2D eigenvalue weighted by molar-refractivity contribution is 6.30. The number of benzene rings is 1. The van der Waals surface area contributed by atoms with Crippen molar-refractivity contribution in [2.75, 3.05) is 19.6 Å². The molecule has 2 rings (SSSR count). The predicted octanol–water partition coefficient (Wildman–Crippen LogP) is 2.90. The molecule has 0 fully saturated rings. The quantitative estimate of drug-likeness (QED) is 0.839. The van der Waals surface area contributed by atoms with Crippen molar-refractivity contribution in [3.8, 4) is 0 Å². The lowest BCUT2D eigenvalue weighted by molar-refractivity contribution is -0.122. The number of amides is 1. The van der Waals surface area contributed by atoms with E-state index in [1.807, 2.05) is 31.2 Å². The maximum Gasteiger partial charge on any atom is 0.227 e. The van der Waals surface area contributed by atoms with Crippen molar-refractivity contribution in [3.05, 3.63) is 46.5 Å². The first kappa shape index (κ1) is 17.0. The molecule has 0 aliphatic carbocycles. The Labute approximate surface area is 131 Å². The van der Waals surface area contributed by atoms with Gasteiger partial charge in [0, 0.05) is 18.1 Å². The van der Waals surface area contributed by atoms with Crippen molar-refractivity contribution in [2.45, 2.75) is 19.3 Å². The first-order valence-electron chi connectivity index (χ1n) is 6.58. The van der Waals surface area contributed by atoms with E-state index in [4.69, 9.17) is 11.6 Å². The molecule has 1 aliphatic rings. The number of carbonyl (C=O) groups excluding carboxylic acids is 1. The summed E-state index contributed by atoms with van der Waals surface area (Å²) in [4.78, 5) is 12.1. The van der Waals surface area contributed by atoms with E-state index in [1.165, 1.54) is 5.57 Å². The number of hydrogen-bond donors (Lipinski definition) is 2. The number of rotatable bonds is 4. The van der Waals surface area contributed by atoms with Crippen molar-refractivity contribution in [3.63, 3.8) is 0 Å². The molecule has 1 unspecified atom stereocenters. The fourth-order valence-electron chi connectivity index (χ4n) is 2.11. The molecule has 0 bridgehead atoms. The van der Waals surface area contributed by atoms with E-state index in [2.05, 4.69) is 16.7 Å². The van der Waals surface area contributed by atoms with E-state index in [0.717, 1.165) is 25.1 Å². The highest BCUT2D eigenvalue weighted by Gasteiger charge is 2.15. The molecule has 1 heterocycles. The summed E-state index contributed by atoms with van der Waals surface area (Å²) < 4.78 is 0. The van der Waals surface area contributed by atoms with Crippen LogP contribution < -0.4 is 10.6 Å². The van der Waals surface area contributed by atoms with Crippen LogP contribution in [-0.4, -0.2) is 25.5 Å². The van der Waals surface area contributed by atoms with E-state index in [0.29, 0.717) is 11.6 Å². The predicted molar refractivity (Wildman–Crippen MR) is 85.7 cm³/mol. The smallest absolute Gasteiger partial charge is 0.227 e. The maximum absolute atomic E-state index is 12.1. The van der Waals surface area contributed by atoms with Gasteiger partial charge in [-0.15, -0.1) is 12.4 Å². The van der Waals surface area contributed by atoms with Crippen LogP contribution >= 0.6 is 24.0 Å². The van der Waals surface area contributed by atoms with Crippen LogP contribution in [0.25, 0.3) is 0 Å². The third-order valence-corrected chi connectivity index (χ3v) is 3.62. The molecule has 20 heavy (non-hydrogen) atoms. The van der Waals surface area contributed by atoms with Gasteiger partial charge in [0.1, 0.15) is 0 Å². The summed E-state index contributed by atoms with van der Waals surface area (Å²) in [5.74, 6) is -0.136. The van der Waals surface area contributed by atoms with E-state index in [-0.39, 0.29) is 24.2 Å². The first-order chi connectivity index (χ1) is 9.16. The Hall–Kier alpha value is -1.03. The van der Waals surface area contributed by atoms with Crippen LogP contribution in [0.5, 0.6) is 0 Å². The minimum absolute atomic E-state index is 0. The van der Waals surface area contributed by atoms with Crippen LogP contribution in [0.4, 0.5) is 0 Å². The molecule has 0 saturated heterocycles. The molecule has 110 valence electrons. The third-order valence-electron chi connectivity index (χ3n) is 3.39. The average molecular weight is 315 g/mol. The Balaban J connectivity index is 0.00000200. The number of halogens is 2. The number of hydrogen-bond acceptors (Lipinski definition) is 2. The monoisotopic (exact) mass is 314 g/mol. The molecule has 0 radical (unpaired) electrons. The summed E-state index contributed by atoms with van der Waals surface area (Å²) >= 11 is 5.94. The molecule has 1 aromatic carbocycles. The van der Waals surface area contributed by atoms with Crippen LogP contribution in [0.3, 0.4) is 0 Å². The molecule has 1 aromatic rings. The second-order valence-corrected chi connectivity index (χ2v) is 5.25. The van der Waals surface area contributed by atoms with Crippen molar-refractivity contribution < 1.29 is 4.79 Å². The molecule has 0 spiro atoms. The molecule has 3 nitrogen and oxygen atoms in total. The van der Waals surface area contributed by atoms with E-state index in [1.54, 1.807) is 0 Å². The topological polar surface area (TPSA) is 41.1 Å².